The molecule has 1 aromatic rings. The summed E-state index contributed by atoms with van der Waals surface area (Å²) in [6, 6.07) is 9.14. The van der Waals surface area contributed by atoms with Gasteiger partial charge in [0.15, 0.2) is 0 Å². The van der Waals surface area contributed by atoms with E-state index in [4.69, 9.17) is 9.47 Å². The topological polar surface area (TPSA) is 30.5 Å². The second-order valence-corrected chi connectivity index (χ2v) is 6.08. The van der Waals surface area contributed by atoms with Gasteiger partial charge in [0.25, 0.3) is 0 Å². The van der Waals surface area contributed by atoms with Gasteiger partial charge in [-0.3, -0.25) is 0 Å². The molecule has 118 valence electrons. The minimum Gasteiger partial charge on any atom is -0.381 e. The van der Waals surface area contributed by atoms with Crippen LogP contribution >= 0.6 is 0 Å². The Balaban J connectivity index is 2.16. The number of benzene rings is 1. The summed E-state index contributed by atoms with van der Waals surface area (Å²) < 4.78 is 11.5. The first kappa shape index (κ1) is 16.5. The lowest BCUT2D eigenvalue weighted by molar-refractivity contribution is -0.110. The van der Waals surface area contributed by atoms with Crippen molar-refractivity contribution < 1.29 is 9.47 Å². The molecule has 2 rings (SSSR count). The van der Waals surface area contributed by atoms with E-state index in [0.717, 1.165) is 45.4 Å². The van der Waals surface area contributed by atoms with Gasteiger partial charge in [-0.25, -0.2) is 0 Å². The Morgan fingerprint density at radius 1 is 1.33 bits per heavy atom. The highest BCUT2D eigenvalue weighted by Crippen LogP contribution is 2.30. The highest BCUT2D eigenvalue weighted by Gasteiger charge is 2.40. The van der Waals surface area contributed by atoms with Gasteiger partial charge >= 0.3 is 0 Å². The summed E-state index contributed by atoms with van der Waals surface area (Å²) in [6.45, 7) is 6.99. The molecule has 0 amide bonds. The van der Waals surface area contributed by atoms with Crippen LogP contribution in [0, 0.1) is 6.92 Å². The van der Waals surface area contributed by atoms with E-state index in [9.17, 15) is 0 Å². The summed E-state index contributed by atoms with van der Waals surface area (Å²) in [6.07, 6.45) is 4.09. The number of methoxy groups -OCH3 is 1. The van der Waals surface area contributed by atoms with Crippen molar-refractivity contribution in [2.45, 2.75) is 51.2 Å². The number of rotatable bonds is 7. The molecule has 0 aromatic heterocycles. The summed E-state index contributed by atoms with van der Waals surface area (Å²) in [5.74, 6) is 0. The van der Waals surface area contributed by atoms with Crippen LogP contribution in [-0.2, 0) is 15.9 Å². The molecular weight excluding hydrogens is 262 g/mol. The first-order valence-corrected chi connectivity index (χ1v) is 8.12. The third kappa shape index (κ3) is 4.29. The highest BCUT2D eigenvalue weighted by molar-refractivity contribution is 5.23. The molecule has 1 heterocycles. The summed E-state index contributed by atoms with van der Waals surface area (Å²) in [5.41, 5.74) is 2.60. The zero-order chi connectivity index (χ0) is 15.1. The van der Waals surface area contributed by atoms with E-state index in [-0.39, 0.29) is 5.60 Å². The van der Waals surface area contributed by atoms with E-state index in [2.05, 4.69) is 43.4 Å². The first-order valence-electron chi connectivity index (χ1n) is 8.12. The number of hydrogen-bond acceptors (Lipinski definition) is 3. The average molecular weight is 291 g/mol. The Morgan fingerprint density at radius 3 is 2.71 bits per heavy atom. The minimum absolute atomic E-state index is 0.100. The molecule has 0 bridgehead atoms. The Hall–Kier alpha value is -0.900. The highest BCUT2D eigenvalue weighted by atomic mass is 16.5. The zero-order valence-electron chi connectivity index (χ0n) is 13.7. The fraction of sp³-hybridized carbons (Fsp3) is 0.667. The van der Waals surface area contributed by atoms with Crippen LogP contribution < -0.4 is 5.32 Å². The van der Waals surface area contributed by atoms with Crippen LogP contribution in [0.4, 0.5) is 0 Å². The SMILES string of the molecule is CCCNC(Cc1cccc(C)c1)C1(OC)CCOCC1. The van der Waals surface area contributed by atoms with Crippen LogP contribution in [0.2, 0.25) is 0 Å². The van der Waals surface area contributed by atoms with E-state index in [1.165, 1.54) is 11.1 Å². The van der Waals surface area contributed by atoms with Crippen molar-refractivity contribution in [2.24, 2.45) is 0 Å². The molecule has 1 fully saturated rings. The molecule has 1 aliphatic rings. The molecular formula is C18H29NO2. The van der Waals surface area contributed by atoms with E-state index in [1.54, 1.807) is 0 Å². The number of aryl methyl sites for hydroxylation is 1. The van der Waals surface area contributed by atoms with Crippen LogP contribution in [0.5, 0.6) is 0 Å². The van der Waals surface area contributed by atoms with Crippen molar-refractivity contribution in [1.29, 1.82) is 0 Å². The molecule has 21 heavy (non-hydrogen) atoms. The van der Waals surface area contributed by atoms with Crippen molar-refractivity contribution in [1.82, 2.24) is 5.32 Å². The van der Waals surface area contributed by atoms with Gasteiger partial charge in [-0.15, -0.1) is 0 Å². The Bertz CT molecular complexity index is 427. The van der Waals surface area contributed by atoms with Gasteiger partial charge in [-0.05, 0) is 31.9 Å². The fourth-order valence-corrected chi connectivity index (χ4v) is 3.25. The van der Waals surface area contributed by atoms with E-state index in [1.807, 2.05) is 7.11 Å². The molecule has 0 spiro atoms. The van der Waals surface area contributed by atoms with E-state index in [0.29, 0.717) is 6.04 Å². The minimum atomic E-state index is -0.100. The number of nitrogens with one attached hydrogen (secondary N) is 1. The molecule has 0 aliphatic carbocycles. The summed E-state index contributed by atoms with van der Waals surface area (Å²) in [7, 11) is 1.85. The maximum Gasteiger partial charge on any atom is 0.0877 e. The van der Waals surface area contributed by atoms with E-state index < -0.39 is 0 Å². The van der Waals surface area contributed by atoms with Crippen LogP contribution in [-0.4, -0.2) is 38.5 Å². The second kappa shape index (κ2) is 7.92. The van der Waals surface area contributed by atoms with E-state index >= 15 is 0 Å². The maximum atomic E-state index is 6.00. The second-order valence-electron chi connectivity index (χ2n) is 6.08. The van der Waals surface area contributed by atoms with Crippen LogP contribution in [0.1, 0.15) is 37.3 Å². The van der Waals surface area contributed by atoms with Gasteiger partial charge in [0.2, 0.25) is 0 Å². The molecule has 1 aromatic carbocycles. The summed E-state index contributed by atoms with van der Waals surface area (Å²) in [4.78, 5) is 0. The van der Waals surface area contributed by atoms with Crippen molar-refractivity contribution >= 4 is 0 Å². The third-order valence-electron chi connectivity index (χ3n) is 4.54. The molecule has 0 radical (unpaired) electrons. The Morgan fingerprint density at radius 2 is 2.10 bits per heavy atom. The average Bonchev–Trinajstić information content (AvgIpc) is 2.52. The van der Waals surface area contributed by atoms with Gasteiger partial charge in [-0.2, -0.15) is 0 Å². The number of ether oxygens (including phenoxy) is 2. The third-order valence-corrected chi connectivity index (χ3v) is 4.54. The first-order chi connectivity index (χ1) is 10.2. The molecule has 0 saturated carbocycles. The Labute approximate surface area is 129 Å². The van der Waals surface area contributed by atoms with Crippen molar-refractivity contribution in [3.63, 3.8) is 0 Å². The lowest BCUT2D eigenvalue weighted by atomic mass is 9.82. The predicted molar refractivity (Wildman–Crippen MR) is 86.8 cm³/mol. The number of hydrogen-bond donors (Lipinski definition) is 1. The molecule has 1 atom stereocenters. The van der Waals surface area contributed by atoms with Gasteiger partial charge in [0.1, 0.15) is 0 Å². The zero-order valence-corrected chi connectivity index (χ0v) is 13.7. The normalized spacial score (nSPS) is 19.4. The smallest absolute Gasteiger partial charge is 0.0877 e. The molecule has 1 aliphatic heterocycles. The standard InChI is InChI=1S/C18H29NO2/c1-4-10-19-17(14-16-7-5-6-15(2)13-16)18(20-3)8-11-21-12-9-18/h5-7,13,17,19H,4,8-12,14H2,1-3H3. The predicted octanol–water partition coefficient (Wildman–Crippen LogP) is 3.10. The van der Waals surface area contributed by atoms with Gasteiger partial charge in [0.05, 0.1) is 5.60 Å². The molecule has 1 N–H and O–H groups in total. The summed E-state index contributed by atoms with van der Waals surface area (Å²) in [5, 5.41) is 3.72. The van der Waals surface area contributed by atoms with Crippen LogP contribution in [0.3, 0.4) is 0 Å². The molecule has 3 heteroatoms. The van der Waals surface area contributed by atoms with Crippen molar-refractivity contribution in [3.8, 4) is 0 Å². The Kier molecular flexibility index (Phi) is 6.22. The maximum absolute atomic E-state index is 6.00. The monoisotopic (exact) mass is 291 g/mol. The molecule has 3 nitrogen and oxygen atoms in total. The van der Waals surface area contributed by atoms with Crippen molar-refractivity contribution in [3.05, 3.63) is 35.4 Å². The van der Waals surface area contributed by atoms with Crippen molar-refractivity contribution in [2.75, 3.05) is 26.9 Å². The van der Waals surface area contributed by atoms with Gasteiger partial charge in [-0.1, -0.05) is 36.8 Å². The lowest BCUT2D eigenvalue weighted by Crippen LogP contribution is -2.56. The van der Waals surface area contributed by atoms with Gasteiger partial charge < -0.3 is 14.8 Å². The van der Waals surface area contributed by atoms with Crippen LogP contribution in [0.15, 0.2) is 24.3 Å². The molecule has 1 saturated heterocycles. The largest absolute Gasteiger partial charge is 0.381 e. The lowest BCUT2D eigenvalue weighted by Gasteiger charge is -2.43. The summed E-state index contributed by atoms with van der Waals surface area (Å²) >= 11 is 0. The quantitative estimate of drug-likeness (QED) is 0.837. The van der Waals surface area contributed by atoms with Gasteiger partial charge in [0, 0.05) is 39.2 Å². The molecule has 1 unspecified atom stereocenters. The van der Waals surface area contributed by atoms with Crippen LogP contribution in [0.25, 0.3) is 0 Å². The fourth-order valence-electron chi connectivity index (χ4n) is 3.25.